The lowest BCUT2D eigenvalue weighted by Gasteiger charge is -2.20. The van der Waals surface area contributed by atoms with Gasteiger partial charge >= 0.3 is 0 Å². The van der Waals surface area contributed by atoms with Gasteiger partial charge in [-0.15, -0.1) is 10.2 Å². The van der Waals surface area contributed by atoms with Crippen LogP contribution in [0.15, 0.2) is 0 Å². The fourth-order valence-electron chi connectivity index (χ4n) is 1.43. The standard InChI is InChI=1S/C11H23N5/c1-6-12-10-15-14-9(16(10)7-2)8-13-11(3,4)5/h13H,6-8H2,1-5H3,(H,12,15). The average molecular weight is 225 g/mol. The zero-order chi connectivity index (χ0) is 12.2. The molecule has 0 aliphatic carbocycles. The van der Waals surface area contributed by atoms with Gasteiger partial charge in [0.15, 0.2) is 0 Å². The molecule has 0 saturated carbocycles. The molecule has 0 bridgehead atoms. The summed E-state index contributed by atoms with van der Waals surface area (Å²) in [5.41, 5.74) is 0.100. The molecule has 5 nitrogen and oxygen atoms in total. The molecule has 92 valence electrons. The van der Waals surface area contributed by atoms with Crippen molar-refractivity contribution in [2.45, 2.75) is 53.2 Å². The fourth-order valence-corrected chi connectivity index (χ4v) is 1.43. The van der Waals surface area contributed by atoms with Gasteiger partial charge in [-0.25, -0.2) is 0 Å². The molecule has 0 amide bonds. The summed E-state index contributed by atoms with van der Waals surface area (Å²) in [6.07, 6.45) is 0. The number of anilines is 1. The minimum absolute atomic E-state index is 0.100. The van der Waals surface area contributed by atoms with Crippen molar-refractivity contribution in [3.8, 4) is 0 Å². The van der Waals surface area contributed by atoms with Crippen LogP contribution in [0.2, 0.25) is 0 Å². The Kier molecular flexibility index (Phi) is 4.29. The van der Waals surface area contributed by atoms with E-state index in [4.69, 9.17) is 0 Å². The zero-order valence-corrected chi connectivity index (χ0v) is 11.0. The first kappa shape index (κ1) is 13.0. The van der Waals surface area contributed by atoms with Crippen LogP contribution in [-0.2, 0) is 13.1 Å². The highest BCUT2D eigenvalue weighted by Crippen LogP contribution is 2.08. The van der Waals surface area contributed by atoms with Crippen LogP contribution in [-0.4, -0.2) is 26.8 Å². The van der Waals surface area contributed by atoms with Gasteiger partial charge in [0, 0.05) is 18.6 Å². The Labute approximate surface area is 97.6 Å². The van der Waals surface area contributed by atoms with Crippen molar-refractivity contribution in [1.29, 1.82) is 0 Å². The fraction of sp³-hybridized carbons (Fsp3) is 0.818. The number of nitrogens with one attached hydrogen (secondary N) is 2. The Morgan fingerprint density at radius 1 is 1.19 bits per heavy atom. The predicted octanol–water partition coefficient (Wildman–Crippen LogP) is 1.62. The zero-order valence-electron chi connectivity index (χ0n) is 11.0. The molecule has 1 aromatic rings. The number of nitrogens with zero attached hydrogens (tertiary/aromatic N) is 3. The highest BCUT2D eigenvalue weighted by molar-refractivity contribution is 5.25. The molecule has 5 heteroatoms. The van der Waals surface area contributed by atoms with E-state index in [1.165, 1.54) is 0 Å². The molecule has 0 unspecified atom stereocenters. The van der Waals surface area contributed by atoms with Crippen LogP contribution in [0.25, 0.3) is 0 Å². The molecular formula is C11H23N5. The van der Waals surface area contributed by atoms with Crippen LogP contribution in [0, 0.1) is 0 Å². The molecule has 0 atom stereocenters. The van der Waals surface area contributed by atoms with Crippen molar-refractivity contribution in [3.63, 3.8) is 0 Å². The van der Waals surface area contributed by atoms with Crippen LogP contribution in [0.5, 0.6) is 0 Å². The van der Waals surface area contributed by atoms with E-state index < -0.39 is 0 Å². The van der Waals surface area contributed by atoms with Gasteiger partial charge in [0.2, 0.25) is 5.95 Å². The monoisotopic (exact) mass is 225 g/mol. The van der Waals surface area contributed by atoms with Crippen LogP contribution in [0.1, 0.15) is 40.4 Å². The molecule has 1 aromatic heterocycles. The molecule has 0 aromatic carbocycles. The van der Waals surface area contributed by atoms with E-state index >= 15 is 0 Å². The summed E-state index contributed by atoms with van der Waals surface area (Å²) in [6, 6.07) is 0. The van der Waals surface area contributed by atoms with Crippen molar-refractivity contribution in [3.05, 3.63) is 5.82 Å². The lowest BCUT2D eigenvalue weighted by molar-refractivity contribution is 0.412. The van der Waals surface area contributed by atoms with E-state index in [1.54, 1.807) is 0 Å². The van der Waals surface area contributed by atoms with Gasteiger partial charge in [-0.2, -0.15) is 0 Å². The molecule has 0 spiro atoms. The number of aromatic nitrogens is 3. The predicted molar refractivity (Wildman–Crippen MR) is 66.5 cm³/mol. The van der Waals surface area contributed by atoms with Gasteiger partial charge in [0.1, 0.15) is 5.82 Å². The second kappa shape index (κ2) is 5.30. The Hall–Kier alpha value is -1.10. The molecule has 16 heavy (non-hydrogen) atoms. The van der Waals surface area contributed by atoms with E-state index in [0.29, 0.717) is 0 Å². The minimum Gasteiger partial charge on any atom is -0.355 e. The topological polar surface area (TPSA) is 54.8 Å². The molecule has 0 saturated heterocycles. The first-order valence-corrected chi connectivity index (χ1v) is 5.89. The smallest absolute Gasteiger partial charge is 0.224 e. The van der Waals surface area contributed by atoms with Crippen molar-refractivity contribution in [2.24, 2.45) is 0 Å². The number of hydrogen-bond acceptors (Lipinski definition) is 4. The van der Waals surface area contributed by atoms with Gasteiger partial charge in [0.25, 0.3) is 0 Å². The van der Waals surface area contributed by atoms with Gasteiger partial charge in [-0.1, -0.05) is 0 Å². The van der Waals surface area contributed by atoms with Crippen molar-refractivity contribution in [1.82, 2.24) is 20.1 Å². The van der Waals surface area contributed by atoms with Gasteiger partial charge in [-0.3, -0.25) is 4.57 Å². The van der Waals surface area contributed by atoms with E-state index in [1.807, 2.05) is 0 Å². The van der Waals surface area contributed by atoms with Gasteiger partial charge in [0.05, 0.1) is 6.54 Å². The Bertz CT molecular complexity index is 324. The van der Waals surface area contributed by atoms with E-state index in [0.717, 1.165) is 31.4 Å². The second-order valence-corrected chi connectivity index (χ2v) is 4.82. The molecule has 0 radical (unpaired) electrons. The van der Waals surface area contributed by atoms with E-state index in [-0.39, 0.29) is 5.54 Å². The lowest BCUT2D eigenvalue weighted by atomic mass is 10.1. The summed E-state index contributed by atoms with van der Waals surface area (Å²) in [7, 11) is 0. The Morgan fingerprint density at radius 3 is 2.38 bits per heavy atom. The number of rotatable bonds is 5. The second-order valence-electron chi connectivity index (χ2n) is 4.82. The van der Waals surface area contributed by atoms with Crippen molar-refractivity contribution >= 4 is 5.95 Å². The summed E-state index contributed by atoms with van der Waals surface area (Å²) in [5, 5.41) is 15.0. The third kappa shape index (κ3) is 3.48. The molecule has 0 fully saturated rings. The van der Waals surface area contributed by atoms with Crippen LogP contribution in [0.4, 0.5) is 5.95 Å². The lowest BCUT2D eigenvalue weighted by Crippen LogP contribution is -2.36. The molecular weight excluding hydrogens is 202 g/mol. The van der Waals surface area contributed by atoms with E-state index in [2.05, 4.69) is 60.0 Å². The van der Waals surface area contributed by atoms with Crippen LogP contribution in [0.3, 0.4) is 0 Å². The minimum atomic E-state index is 0.100. The Balaban J connectivity index is 2.72. The molecule has 1 rings (SSSR count). The highest BCUT2D eigenvalue weighted by Gasteiger charge is 2.13. The maximum Gasteiger partial charge on any atom is 0.224 e. The number of hydrogen-bond donors (Lipinski definition) is 2. The summed E-state index contributed by atoms with van der Waals surface area (Å²) in [5.74, 6) is 1.84. The van der Waals surface area contributed by atoms with E-state index in [9.17, 15) is 0 Å². The SMILES string of the molecule is CCNc1nnc(CNC(C)(C)C)n1CC. The third-order valence-electron chi connectivity index (χ3n) is 2.26. The summed E-state index contributed by atoms with van der Waals surface area (Å²) < 4.78 is 2.10. The largest absolute Gasteiger partial charge is 0.355 e. The summed E-state index contributed by atoms with van der Waals surface area (Å²) in [4.78, 5) is 0. The highest BCUT2D eigenvalue weighted by atomic mass is 15.4. The van der Waals surface area contributed by atoms with Crippen molar-refractivity contribution < 1.29 is 0 Å². The molecule has 1 heterocycles. The quantitative estimate of drug-likeness (QED) is 0.799. The molecule has 2 N–H and O–H groups in total. The normalized spacial score (nSPS) is 11.8. The maximum absolute atomic E-state index is 4.20. The van der Waals surface area contributed by atoms with Crippen LogP contribution < -0.4 is 10.6 Å². The van der Waals surface area contributed by atoms with Gasteiger partial charge < -0.3 is 10.6 Å². The third-order valence-corrected chi connectivity index (χ3v) is 2.26. The first-order valence-electron chi connectivity index (χ1n) is 5.89. The van der Waals surface area contributed by atoms with Crippen molar-refractivity contribution in [2.75, 3.05) is 11.9 Å². The Morgan fingerprint density at radius 2 is 1.88 bits per heavy atom. The summed E-state index contributed by atoms with van der Waals surface area (Å²) >= 11 is 0. The van der Waals surface area contributed by atoms with Gasteiger partial charge in [-0.05, 0) is 34.6 Å². The molecule has 0 aliphatic heterocycles. The maximum atomic E-state index is 4.20. The average Bonchev–Trinajstić information content (AvgIpc) is 2.57. The van der Waals surface area contributed by atoms with Crippen LogP contribution >= 0.6 is 0 Å². The summed E-state index contributed by atoms with van der Waals surface area (Å²) in [6.45, 7) is 13.1. The first-order chi connectivity index (χ1) is 7.48. The molecule has 0 aliphatic rings.